The predicted molar refractivity (Wildman–Crippen MR) is 73.2 cm³/mol. The summed E-state index contributed by atoms with van der Waals surface area (Å²) in [5.41, 5.74) is 0.331. The van der Waals surface area contributed by atoms with Crippen LogP contribution in [-0.4, -0.2) is 28.8 Å². The number of benzene rings is 1. The minimum absolute atomic E-state index is 0.112. The van der Waals surface area contributed by atoms with Crippen LogP contribution in [0.2, 0.25) is 6.04 Å². The van der Waals surface area contributed by atoms with Gasteiger partial charge in [-0.15, -0.1) is 33.2 Å². The van der Waals surface area contributed by atoms with Crippen LogP contribution in [0.4, 0.5) is 0 Å². The van der Waals surface area contributed by atoms with Crippen molar-refractivity contribution in [2.24, 2.45) is 0 Å². The third-order valence-corrected chi connectivity index (χ3v) is 4.26. The number of hydrogen-bond donors (Lipinski definition) is 2. The highest BCUT2D eigenvalue weighted by molar-refractivity contribution is 7.64. The van der Waals surface area contributed by atoms with Gasteiger partial charge in [-0.1, -0.05) is 18.2 Å². The molecule has 0 aliphatic carbocycles. The summed E-state index contributed by atoms with van der Waals surface area (Å²) in [5.74, 6) is -0.879. The molecule has 1 aromatic rings. The Bertz CT molecular complexity index is 327. The van der Waals surface area contributed by atoms with Crippen molar-refractivity contribution >= 4 is 45.2 Å². The zero-order valence-electron chi connectivity index (χ0n) is 8.94. The Labute approximate surface area is 115 Å². The van der Waals surface area contributed by atoms with Crippen LogP contribution in [-0.2, 0) is 0 Å². The fourth-order valence-corrected chi connectivity index (χ4v) is 2.62. The van der Waals surface area contributed by atoms with Crippen molar-refractivity contribution in [2.75, 3.05) is 6.61 Å². The minimum Gasteiger partial charge on any atom is -0.478 e. The first-order chi connectivity index (χ1) is 7.87. The lowest BCUT2D eigenvalue weighted by atomic mass is 10.2. The van der Waals surface area contributed by atoms with Crippen LogP contribution in [0.5, 0.6) is 0 Å². The van der Waals surface area contributed by atoms with Crippen molar-refractivity contribution in [1.82, 2.24) is 0 Å². The Morgan fingerprint density at radius 3 is 1.94 bits per heavy atom. The lowest BCUT2D eigenvalue weighted by Gasteiger charge is -2.03. The fraction of sp³-hybridized carbons (Fsp3) is 0.300. The average molecular weight is 316 g/mol. The molecule has 0 aliphatic rings. The summed E-state index contributed by atoms with van der Waals surface area (Å²) in [4.78, 5) is 10.2. The molecule has 2 N–H and O–H groups in total. The Morgan fingerprint density at radius 2 is 1.71 bits per heavy atom. The monoisotopic (exact) mass is 314 g/mol. The van der Waals surface area contributed by atoms with E-state index in [1.54, 1.807) is 30.3 Å². The second kappa shape index (κ2) is 8.77. The summed E-state index contributed by atoms with van der Waals surface area (Å²) in [6, 6.07) is 6.42. The van der Waals surface area contributed by atoms with E-state index in [4.69, 9.17) is 43.5 Å². The molecule has 0 spiro atoms. The first-order valence-electron chi connectivity index (χ1n) is 4.83. The van der Waals surface area contributed by atoms with Gasteiger partial charge in [0.25, 0.3) is 0 Å². The zero-order chi connectivity index (χ0) is 13.3. The van der Waals surface area contributed by atoms with E-state index in [0.717, 1.165) is 0 Å². The maximum Gasteiger partial charge on any atom is 0.341 e. The summed E-state index contributed by atoms with van der Waals surface area (Å²) in [7, 11) is 0. The number of halogens is 3. The second-order valence-electron chi connectivity index (χ2n) is 3.11. The van der Waals surface area contributed by atoms with Gasteiger partial charge in [-0.3, -0.25) is 0 Å². The van der Waals surface area contributed by atoms with Gasteiger partial charge in [0, 0.05) is 6.61 Å². The second-order valence-corrected chi connectivity index (χ2v) is 12.4. The number of carbonyl (C=O) groups is 1. The lowest BCUT2D eigenvalue weighted by Crippen LogP contribution is -2.08. The molecule has 0 aliphatic heterocycles. The van der Waals surface area contributed by atoms with Crippen LogP contribution >= 0.6 is 33.2 Å². The first-order valence-corrected chi connectivity index (χ1v) is 10.1. The topological polar surface area (TPSA) is 57.5 Å². The quantitative estimate of drug-likeness (QED) is 0.661. The van der Waals surface area contributed by atoms with Gasteiger partial charge in [0.05, 0.1) is 5.56 Å². The Morgan fingerprint density at radius 1 is 1.18 bits per heavy atom. The van der Waals surface area contributed by atoms with Crippen LogP contribution in [0.25, 0.3) is 0 Å². The average Bonchev–Trinajstić information content (AvgIpc) is 2.27. The smallest absolute Gasteiger partial charge is 0.341 e. The number of aromatic carboxylic acids is 1. The van der Waals surface area contributed by atoms with E-state index in [1.165, 1.54) is 0 Å². The van der Waals surface area contributed by atoms with Gasteiger partial charge in [0.2, 0.25) is 0 Å². The summed E-state index contributed by atoms with van der Waals surface area (Å²) in [5, 5.41) is 16.7. The minimum atomic E-state index is -2.42. The van der Waals surface area contributed by atoms with Crippen molar-refractivity contribution in [2.45, 2.75) is 12.5 Å². The summed E-state index contributed by atoms with van der Waals surface area (Å²) in [6.07, 6.45) is 0.600. The molecular formula is C10H13Cl3O3Si. The van der Waals surface area contributed by atoms with E-state index < -0.39 is 12.0 Å². The lowest BCUT2D eigenvalue weighted by molar-refractivity contribution is 0.0697. The Hall–Kier alpha value is -0.263. The molecule has 0 heterocycles. The van der Waals surface area contributed by atoms with Crippen molar-refractivity contribution in [3.05, 3.63) is 35.9 Å². The number of rotatable bonds is 4. The molecule has 0 saturated heterocycles. The standard InChI is InChI=1S/C7H6O2.C3H7Cl3OSi/c8-7(9)6-4-2-1-3-5-6;4-8(5,6)3-1-2-7/h1-5H,(H,8,9);7H,1-3H2. The third-order valence-electron chi connectivity index (χ3n) is 1.64. The molecule has 0 saturated carbocycles. The SMILES string of the molecule is O=C(O)c1ccccc1.OCCC[Si](Cl)(Cl)Cl. The largest absolute Gasteiger partial charge is 0.478 e. The van der Waals surface area contributed by atoms with Gasteiger partial charge in [-0.05, 0) is 24.6 Å². The van der Waals surface area contributed by atoms with Crippen LogP contribution in [0.15, 0.2) is 30.3 Å². The molecule has 0 aromatic heterocycles. The van der Waals surface area contributed by atoms with Crippen molar-refractivity contribution in [3.8, 4) is 0 Å². The van der Waals surface area contributed by atoms with Crippen molar-refractivity contribution < 1.29 is 15.0 Å². The van der Waals surface area contributed by atoms with Gasteiger partial charge in [0.1, 0.15) is 0 Å². The molecular weight excluding hydrogens is 303 g/mol. The summed E-state index contributed by atoms with van der Waals surface area (Å²) >= 11 is 16.4. The molecule has 0 atom stereocenters. The number of carboxylic acids is 1. The van der Waals surface area contributed by atoms with Crippen molar-refractivity contribution in [1.29, 1.82) is 0 Å². The number of carboxylic acid groups (broad SMARTS) is 1. The van der Waals surface area contributed by atoms with Crippen LogP contribution < -0.4 is 0 Å². The molecule has 1 rings (SSSR count). The highest BCUT2D eigenvalue weighted by atomic mass is 35.8. The fourth-order valence-electron chi connectivity index (χ4n) is 0.860. The molecule has 1 aromatic carbocycles. The number of hydrogen-bond acceptors (Lipinski definition) is 2. The molecule has 0 radical (unpaired) electrons. The molecule has 7 heteroatoms. The van der Waals surface area contributed by atoms with E-state index in [0.29, 0.717) is 18.0 Å². The molecule has 0 unspecified atom stereocenters. The van der Waals surface area contributed by atoms with Crippen LogP contribution in [0, 0.1) is 0 Å². The van der Waals surface area contributed by atoms with Gasteiger partial charge >= 0.3 is 12.0 Å². The molecule has 0 fully saturated rings. The van der Waals surface area contributed by atoms with Gasteiger partial charge in [-0.25, -0.2) is 4.79 Å². The maximum absolute atomic E-state index is 10.2. The van der Waals surface area contributed by atoms with E-state index in [2.05, 4.69) is 0 Å². The van der Waals surface area contributed by atoms with Gasteiger partial charge < -0.3 is 10.2 Å². The van der Waals surface area contributed by atoms with E-state index in [9.17, 15) is 4.79 Å². The molecule has 0 bridgehead atoms. The first kappa shape index (κ1) is 16.7. The maximum atomic E-state index is 10.2. The Kier molecular flexibility index (Phi) is 8.64. The van der Waals surface area contributed by atoms with Crippen LogP contribution in [0.1, 0.15) is 16.8 Å². The van der Waals surface area contributed by atoms with Gasteiger partial charge in [0.15, 0.2) is 0 Å². The molecule has 17 heavy (non-hydrogen) atoms. The zero-order valence-corrected chi connectivity index (χ0v) is 12.2. The molecule has 0 amide bonds. The number of aliphatic hydroxyl groups is 1. The van der Waals surface area contributed by atoms with Crippen LogP contribution in [0.3, 0.4) is 0 Å². The molecule has 3 nitrogen and oxygen atoms in total. The van der Waals surface area contributed by atoms with E-state index in [-0.39, 0.29) is 6.61 Å². The highest BCUT2D eigenvalue weighted by Crippen LogP contribution is 2.25. The molecule has 96 valence electrons. The Balaban J connectivity index is 0.000000304. The summed E-state index contributed by atoms with van der Waals surface area (Å²) < 4.78 is 0. The van der Waals surface area contributed by atoms with Gasteiger partial charge in [-0.2, -0.15) is 0 Å². The van der Waals surface area contributed by atoms with E-state index in [1.807, 2.05) is 0 Å². The predicted octanol–water partition coefficient (Wildman–Crippen LogP) is 3.41. The normalized spacial score (nSPS) is 10.4. The summed E-state index contributed by atoms with van der Waals surface area (Å²) in [6.45, 7) is 0.112. The highest BCUT2D eigenvalue weighted by Gasteiger charge is 2.23. The van der Waals surface area contributed by atoms with E-state index >= 15 is 0 Å². The third kappa shape index (κ3) is 10.6. The van der Waals surface area contributed by atoms with Crippen molar-refractivity contribution in [3.63, 3.8) is 0 Å². The number of aliphatic hydroxyl groups excluding tert-OH is 1.